The first-order chi connectivity index (χ1) is 14.3. The molecule has 2 heterocycles. The molecule has 0 saturated carbocycles. The number of rotatable bonds is 6. The van der Waals surface area contributed by atoms with Gasteiger partial charge in [0.05, 0.1) is 0 Å². The van der Waals surface area contributed by atoms with E-state index in [0.717, 1.165) is 5.56 Å². The summed E-state index contributed by atoms with van der Waals surface area (Å²) >= 11 is 0. The molecule has 0 atom stereocenters. The summed E-state index contributed by atoms with van der Waals surface area (Å²) in [6.45, 7) is 6.81. The van der Waals surface area contributed by atoms with E-state index >= 15 is 0 Å². The average Bonchev–Trinajstić information content (AvgIpc) is 2.70. The number of carbonyl (C=O) groups is 1. The molecule has 1 aromatic heterocycles. The van der Waals surface area contributed by atoms with Gasteiger partial charge < -0.3 is 20.1 Å². The summed E-state index contributed by atoms with van der Waals surface area (Å²) in [5.74, 6) is -0.130. The largest absolute Gasteiger partial charge is 0.490 e. The summed E-state index contributed by atoms with van der Waals surface area (Å²) in [6.07, 6.45) is 1.32. The molecule has 0 radical (unpaired) electrons. The van der Waals surface area contributed by atoms with Crippen LogP contribution in [0, 0.1) is 24.1 Å². The fraction of sp³-hybridized carbons (Fsp3) is 0.429. The lowest BCUT2D eigenvalue weighted by molar-refractivity contribution is 0.0689. The highest BCUT2D eigenvalue weighted by Crippen LogP contribution is 2.29. The Morgan fingerprint density at radius 2 is 2.07 bits per heavy atom. The molecular formula is C21H24FN5O3. The number of nitrogens with one attached hydrogen (secondary N) is 1. The van der Waals surface area contributed by atoms with Gasteiger partial charge in [-0.25, -0.2) is 19.2 Å². The van der Waals surface area contributed by atoms with Gasteiger partial charge in [-0.15, -0.1) is 0 Å². The summed E-state index contributed by atoms with van der Waals surface area (Å²) < 4.78 is 19.3. The lowest BCUT2D eigenvalue weighted by Crippen LogP contribution is -2.39. The minimum absolute atomic E-state index is 0.0302. The Morgan fingerprint density at radius 1 is 1.37 bits per heavy atom. The first kappa shape index (κ1) is 21.3. The lowest BCUT2D eigenvalue weighted by Gasteiger charge is -2.34. The molecule has 1 aliphatic rings. The van der Waals surface area contributed by atoms with Crippen molar-refractivity contribution >= 4 is 17.6 Å². The number of hydrogen-bond acceptors (Lipinski definition) is 7. The number of aryl methyl sites for hydroxylation is 1. The van der Waals surface area contributed by atoms with Crippen LogP contribution in [0.1, 0.15) is 48.4 Å². The number of benzene rings is 1. The van der Waals surface area contributed by atoms with Crippen molar-refractivity contribution in [2.75, 3.05) is 23.3 Å². The Bertz CT molecular complexity index is 981. The second-order valence-electron chi connectivity index (χ2n) is 7.52. The maximum Gasteiger partial charge on any atom is 0.357 e. The molecule has 1 saturated heterocycles. The number of nitriles is 1. The number of halogens is 1. The number of ether oxygens (including phenoxy) is 1. The SMILES string of the molecule is Cc1cc(F)ccc1OC1CCN(c2nc(C(=O)O)c(C#N)nc2NC(C)C)CC1. The average molecular weight is 413 g/mol. The van der Waals surface area contributed by atoms with Gasteiger partial charge in [0.1, 0.15) is 23.7 Å². The van der Waals surface area contributed by atoms with E-state index in [9.17, 15) is 19.6 Å². The van der Waals surface area contributed by atoms with Crippen LogP contribution in [0.2, 0.25) is 0 Å². The fourth-order valence-electron chi connectivity index (χ4n) is 3.35. The Balaban J connectivity index is 1.79. The van der Waals surface area contributed by atoms with E-state index in [1.165, 1.54) is 12.1 Å². The van der Waals surface area contributed by atoms with Gasteiger partial charge in [0.25, 0.3) is 0 Å². The van der Waals surface area contributed by atoms with Crippen molar-refractivity contribution in [3.05, 3.63) is 41.0 Å². The smallest absolute Gasteiger partial charge is 0.357 e. The monoisotopic (exact) mass is 413 g/mol. The molecule has 9 heteroatoms. The van der Waals surface area contributed by atoms with Gasteiger partial charge in [-0.3, -0.25) is 0 Å². The van der Waals surface area contributed by atoms with Crippen molar-refractivity contribution < 1.29 is 19.0 Å². The van der Waals surface area contributed by atoms with E-state index in [1.54, 1.807) is 19.1 Å². The fourth-order valence-corrected chi connectivity index (χ4v) is 3.35. The van der Waals surface area contributed by atoms with E-state index < -0.39 is 5.97 Å². The van der Waals surface area contributed by atoms with Crippen LogP contribution in [0.25, 0.3) is 0 Å². The molecule has 0 unspecified atom stereocenters. The first-order valence-electron chi connectivity index (χ1n) is 9.78. The van der Waals surface area contributed by atoms with Crippen molar-refractivity contribution in [1.82, 2.24) is 9.97 Å². The minimum Gasteiger partial charge on any atom is -0.490 e. The number of carboxylic acids is 1. The van der Waals surface area contributed by atoms with Crippen molar-refractivity contribution in [2.24, 2.45) is 0 Å². The number of piperidine rings is 1. The van der Waals surface area contributed by atoms with Crippen LogP contribution < -0.4 is 15.0 Å². The summed E-state index contributed by atoms with van der Waals surface area (Å²) in [6, 6.07) is 6.28. The van der Waals surface area contributed by atoms with Gasteiger partial charge in [-0.05, 0) is 44.5 Å². The second-order valence-corrected chi connectivity index (χ2v) is 7.52. The molecule has 1 aliphatic heterocycles. The number of aromatic carboxylic acids is 1. The molecule has 0 bridgehead atoms. The molecule has 2 aromatic rings. The van der Waals surface area contributed by atoms with Crippen LogP contribution in [0.4, 0.5) is 16.0 Å². The maximum atomic E-state index is 13.3. The molecule has 158 valence electrons. The second kappa shape index (κ2) is 8.95. The van der Waals surface area contributed by atoms with E-state index in [-0.39, 0.29) is 29.4 Å². The van der Waals surface area contributed by atoms with Crippen molar-refractivity contribution in [1.29, 1.82) is 5.26 Å². The zero-order chi connectivity index (χ0) is 21.8. The lowest BCUT2D eigenvalue weighted by atomic mass is 10.1. The number of carboxylic acid groups (broad SMARTS) is 1. The number of anilines is 2. The Labute approximate surface area is 174 Å². The van der Waals surface area contributed by atoms with Gasteiger partial charge in [0.2, 0.25) is 0 Å². The van der Waals surface area contributed by atoms with E-state index in [0.29, 0.717) is 43.3 Å². The highest BCUT2D eigenvalue weighted by Gasteiger charge is 2.27. The van der Waals surface area contributed by atoms with Crippen LogP contribution in [-0.4, -0.2) is 46.3 Å². The molecule has 1 aromatic carbocycles. The van der Waals surface area contributed by atoms with Gasteiger partial charge in [-0.2, -0.15) is 5.26 Å². The first-order valence-corrected chi connectivity index (χ1v) is 9.78. The van der Waals surface area contributed by atoms with Gasteiger partial charge in [-0.1, -0.05) is 0 Å². The van der Waals surface area contributed by atoms with E-state index in [2.05, 4.69) is 15.3 Å². The molecule has 8 nitrogen and oxygen atoms in total. The molecule has 0 aliphatic carbocycles. The van der Waals surface area contributed by atoms with Gasteiger partial charge in [0, 0.05) is 32.0 Å². The van der Waals surface area contributed by atoms with Crippen molar-refractivity contribution in [3.8, 4) is 11.8 Å². The quantitative estimate of drug-likeness (QED) is 0.742. The highest BCUT2D eigenvalue weighted by atomic mass is 19.1. The van der Waals surface area contributed by atoms with Crippen LogP contribution in [0.5, 0.6) is 5.75 Å². The van der Waals surface area contributed by atoms with Gasteiger partial charge >= 0.3 is 5.97 Å². The van der Waals surface area contributed by atoms with Crippen LogP contribution in [0.15, 0.2) is 18.2 Å². The topological polar surface area (TPSA) is 111 Å². The number of aromatic nitrogens is 2. The summed E-state index contributed by atoms with van der Waals surface area (Å²) in [5, 5.41) is 21.8. The minimum atomic E-state index is -1.29. The highest BCUT2D eigenvalue weighted by molar-refractivity contribution is 5.89. The molecular weight excluding hydrogens is 389 g/mol. The molecule has 3 rings (SSSR count). The number of nitrogens with zero attached hydrogens (tertiary/aromatic N) is 4. The molecule has 1 fully saturated rings. The van der Waals surface area contributed by atoms with Crippen LogP contribution >= 0.6 is 0 Å². The summed E-state index contributed by atoms with van der Waals surface area (Å²) in [5.41, 5.74) is 0.159. The summed E-state index contributed by atoms with van der Waals surface area (Å²) in [4.78, 5) is 21.9. The molecule has 0 spiro atoms. The normalized spacial score (nSPS) is 14.5. The third-order valence-corrected chi connectivity index (χ3v) is 4.78. The number of hydrogen-bond donors (Lipinski definition) is 2. The van der Waals surface area contributed by atoms with Crippen LogP contribution in [0.3, 0.4) is 0 Å². The van der Waals surface area contributed by atoms with E-state index in [1.807, 2.05) is 18.7 Å². The molecule has 0 amide bonds. The Morgan fingerprint density at radius 3 is 2.63 bits per heavy atom. The molecule has 2 N–H and O–H groups in total. The standard InChI is InChI=1S/C21H24FN5O3/c1-12(2)24-19-20(26-18(21(28)29)16(11-23)25-19)27-8-6-15(7-9-27)30-17-5-4-14(22)10-13(17)3/h4-5,10,12,15H,6-9H2,1-3H3,(H,24,25)(H,28,29). The van der Waals surface area contributed by atoms with Crippen molar-refractivity contribution in [2.45, 2.75) is 45.8 Å². The Hall–Kier alpha value is -3.41. The predicted octanol–water partition coefficient (Wildman–Crippen LogP) is 3.36. The van der Waals surface area contributed by atoms with Crippen LogP contribution in [-0.2, 0) is 0 Å². The zero-order valence-electron chi connectivity index (χ0n) is 17.1. The van der Waals surface area contributed by atoms with Crippen molar-refractivity contribution in [3.63, 3.8) is 0 Å². The third kappa shape index (κ3) is 4.76. The van der Waals surface area contributed by atoms with E-state index in [4.69, 9.17) is 4.74 Å². The van der Waals surface area contributed by atoms with Gasteiger partial charge in [0.15, 0.2) is 23.0 Å². The maximum absolute atomic E-state index is 13.3. The molecule has 30 heavy (non-hydrogen) atoms. The third-order valence-electron chi connectivity index (χ3n) is 4.78. The Kier molecular flexibility index (Phi) is 6.35. The summed E-state index contributed by atoms with van der Waals surface area (Å²) in [7, 11) is 0. The predicted molar refractivity (Wildman–Crippen MR) is 109 cm³/mol. The zero-order valence-corrected chi connectivity index (χ0v) is 17.1.